The van der Waals surface area contributed by atoms with E-state index in [1.165, 1.54) is 12.1 Å². The number of rotatable bonds is 4. The Balaban J connectivity index is 1.98. The van der Waals surface area contributed by atoms with E-state index in [-0.39, 0.29) is 11.7 Å². The van der Waals surface area contributed by atoms with Gasteiger partial charge in [0, 0.05) is 6.54 Å². The number of likely N-dealkylation sites (tertiary alicyclic amines) is 1. The summed E-state index contributed by atoms with van der Waals surface area (Å²) < 4.78 is 14.1. The second kappa shape index (κ2) is 6.71. The maximum atomic E-state index is 14.1. The van der Waals surface area contributed by atoms with Gasteiger partial charge in [-0.05, 0) is 60.9 Å². The molecule has 112 valence electrons. The number of hydrogen-bond donors (Lipinski definition) is 0. The minimum atomic E-state index is -0.0258. The number of hydrogen-bond acceptors (Lipinski definition) is 1. The van der Waals surface area contributed by atoms with E-state index in [2.05, 4.69) is 24.8 Å². The van der Waals surface area contributed by atoms with Crippen molar-refractivity contribution in [3.8, 4) is 0 Å². The Morgan fingerprint density at radius 2 is 1.80 bits per heavy atom. The second-order valence-electron chi connectivity index (χ2n) is 6.90. The van der Waals surface area contributed by atoms with Crippen LogP contribution in [-0.2, 0) is 0 Å². The van der Waals surface area contributed by atoms with Crippen molar-refractivity contribution >= 4 is 0 Å². The molecule has 1 aromatic carbocycles. The average Bonchev–Trinajstić information content (AvgIpc) is 2.38. The first-order valence-corrected chi connectivity index (χ1v) is 7.99. The van der Waals surface area contributed by atoms with E-state index >= 15 is 0 Å². The highest BCUT2D eigenvalue weighted by Gasteiger charge is 2.21. The minimum absolute atomic E-state index is 0.0258. The SMILES string of the molecule is CC(C)CN1CCC(c2ccc(C(C)C)c(F)c2)CC1. The minimum Gasteiger partial charge on any atom is -0.303 e. The van der Waals surface area contributed by atoms with E-state index in [0.717, 1.165) is 37.4 Å². The fourth-order valence-electron chi connectivity index (χ4n) is 3.23. The van der Waals surface area contributed by atoms with Crippen LogP contribution in [0.2, 0.25) is 0 Å². The smallest absolute Gasteiger partial charge is 0.126 e. The first-order chi connectivity index (χ1) is 9.47. The molecule has 20 heavy (non-hydrogen) atoms. The van der Waals surface area contributed by atoms with Gasteiger partial charge in [-0.1, -0.05) is 39.8 Å². The Kier molecular flexibility index (Phi) is 5.20. The molecule has 0 atom stereocenters. The molecule has 1 aliphatic heterocycles. The number of piperidine rings is 1. The van der Waals surface area contributed by atoms with E-state index in [1.807, 2.05) is 19.9 Å². The highest BCUT2D eigenvalue weighted by Crippen LogP contribution is 2.30. The van der Waals surface area contributed by atoms with Crippen molar-refractivity contribution in [2.24, 2.45) is 5.92 Å². The molecule has 0 aromatic heterocycles. The molecule has 0 radical (unpaired) electrons. The van der Waals surface area contributed by atoms with Gasteiger partial charge in [0.1, 0.15) is 5.82 Å². The van der Waals surface area contributed by atoms with Gasteiger partial charge in [-0.2, -0.15) is 0 Å². The van der Waals surface area contributed by atoms with Crippen molar-refractivity contribution in [2.45, 2.75) is 52.4 Å². The lowest BCUT2D eigenvalue weighted by atomic mass is 9.87. The van der Waals surface area contributed by atoms with Crippen LogP contribution >= 0.6 is 0 Å². The van der Waals surface area contributed by atoms with Crippen molar-refractivity contribution in [3.63, 3.8) is 0 Å². The summed E-state index contributed by atoms with van der Waals surface area (Å²) in [5.41, 5.74) is 2.03. The van der Waals surface area contributed by atoms with Crippen molar-refractivity contribution in [1.82, 2.24) is 4.90 Å². The van der Waals surface area contributed by atoms with E-state index in [4.69, 9.17) is 0 Å². The summed E-state index contributed by atoms with van der Waals surface area (Å²) in [5.74, 6) is 1.50. The lowest BCUT2D eigenvalue weighted by Gasteiger charge is -2.33. The second-order valence-corrected chi connectivity index (χ2v) is 6.90. The van der Waals surface area contributed by atoms with Gasteiger partial charge in [-0.15, -0.1) is 0 Å². The van der Waals surface area contributed by atoms with Gasteiger partial charge in [0.25, 0.3) is 0 Å². The highest BCUT2D eigenvalue weighted by molar-refractivity contribution is 5.29. The predicted molar refractivity (Wildman–Crippen MR) is 83.7 cm³/mol. The zero-order valence-corrected chi connectivity index (χ0v) is 13.3. The quantitative estimate of drug-likeness (QED) is 0.765. The summed E-state index contributed by atoms with van der Waals surface area (Å²) in [6.45, 7) is 12.1. The number of halogens is 1. The predicted octanol–water partition coefficient (Wildman–Crippen LogP) is 4.78. The summed E-state index contributed by atoms with van der Waals surface area (Å²) in [5, 5.41) is 0. The van der Waals surface area contributed by atoms with Crippen molar-refractivity contribution in [2.75, 3.05) is 19.6 Å². The molecule has 1 heterocycles. The van der Waals surface area contributed by atoms with Crippen LogP contribution in [0.4, 0.5) is 4.39 Å². The molecule has 0 saturated carbocycles. The lowest BCUT2D eigenvalue weighted by Crippen LogP contribution is -2.35. The van der Waals surface area contributed by atoms with Crippen LogP contribution in [0.25, 0.3) is 0 Å². The fourth-order valence-corrected chi connectivity index (χ4v) is 3.23. The molecule has 0 bridgehead atoms. The topological polar surface area (TPSA) is 3.24 Å². The van der Waals surface area contributed by atoms with Gasteiger partial charge in [-0.3, -0.25) is 0 Å². The maximum absolute atomic E-state index is 14.1. The molecule has 0 amide bonds. The van der Waals surface area contributed by atoms with Crippen molar-refractivity contribution in [1.29, 1.82) is 0 Å². The molecule has 0 N–H and O–H groups in total. The standard InChI is InChI=1S/C18H28FN/c1-13(2)12-20-9-7-15(8-10-20)16-5-6-17(14(3)4)18(19)11-16/h5-6,11,13-15H,7-10,12H2,1-4H3. The third-order valence-corrected chi connectivity index (χ3v) is 4.33. The van der Waals surface area contributed by atoms with Crippen molar-refractivity contribution in [3.05, 3.63) is 35.1 Å². The van der Waals surface area contributed by atoms with Crippen LogP contribution in [0.5, 0.6) is 0 Å². The van der Waals surface area contributed by atoms with Crippen LogP contribution in [0.3, 0.4) is 0 Å². The van der Waals surface area contributed by atoms with Crippen LogP contribution in [-0.4, -0.2) is 24.5 Å². The molecule has 0 aliphatic carbocycles. The largest absolute Gasteiger partial charge is 0.303 e. The molecule has 1 aliphatic rings. The van der Waals surface area contributed by atoms with Crippen LogP contribution in [0, 0.1) is 11.7 Å². The molecule has 0 spiro atoms. The molecule has 1 saturated heterocycles. The van der Waals surface area contributed by atoms with E-state index in [9.17, 15) is 4.39 Å². The molecule has 1 nitrogen and oxygen atoms in total. The molecule has 2 heteroatoms. The normalized spacial score (nSPS) is 18.1. The molecule has 0 unspecified atom stereocenters. The molecule has 1 aromatic rings. The zero-order valence-electron chi connectivity index (χ0n) is 13.3. The van der Waals surface area contributed by atoms with Crippen molar-refractivity contribution < 1.29 is 4.39 Å². The number of nitrogens with zero attached hydrogens (tertiary/aromatic N) is 1. The van der Waals surface area contributed by atoms with Crippen LogP contribution in [0.1, 0.15) is 63.5 Å². The first-order valence-electron chi connectivity index (χ1n) is 7.99. The highest BCUT2D eigenvalue weighted by atomic mass is 19.1. The Morgan fingerprint density at radius 3 is 2.30 bits per heavy atom. The number of benzene rings is 1. The third kappa shape index (κ3) is 3.82. The van der Waals surface area contributed by atoms with Gasteiger partial charge in [-0.25, -0.2) is 4.39 Å². The fraction of sp³-hybridized carbons (Fsp3) is 0.667. The Labute approximate surface area is 123 Å². The van der Waals surface area contributed by atoms with Gasteiger partial charge in [0.05, 0.1) is 0 Å². The third-order valence-electron chi connectivity index (χ3n) is 4.33. The Morgan fingerprint density at radius 1 is 1.15 bits per heavy atom. The molecular weight excluding hydrogens is 249 g/mol. The summed E-state index contributed by atoms with van der Waals surface area (Å²) in [4.78, 5) is 2.54. The lowest BCUT2D eigenvalue weighted by molar-refractivity contribution is 0.192. The Bertz CT molecular complexity index is 431. The van der Waals surface area contributed by atoms with Crippen LogP contribution in [0.15, 0.2) is 18.2 Å². The molecular formula is C18H28FN. The van der Waals surface area contributed by atoms with Gasteiger partial charge < -0.3 is 4.90 Å². The van der Waals surface area contributed by atoms with E-state index in [0.29, 0.717) is 5.92 Å². The average molecular weight is 277 g/mol. The maximum Gasteiger partial charge on any atom is 0.126 e. The van der Waals surface area contributed by atoms with E-state index < -0.39 is 0 Å². The first kappa shape index (κ1) is 15.5. The summed E-state index contributed by atoms with van der Waals surface area (Å²) in [6.07, 6.45) is 2.32. The van der Waals surface area contributed by atoms with Gasteiger partial charge >= 0.3 is 0 Å². The molecule has 2 rings (SSSR count). The zero-order chi connectivity index (χ0) is 14.7. The monoisotopic (exact) mass is 277 g/mol. The van der Waals surface area contributed by atoms with Crippen LogP contribution < -0.4 is 0 Å². The Hall–Kier alpha value is -0.890. The summed E-state index contributed by atoms with van der Waals surface area (Å²) >= 11 is 0. The van der Waals surface area contributed by atoms with Gasteiger partial charge in [0.15, 0.2) is 0 Å². The van der Waals surface area contributed by atoms with Gasteiger partial charge in [0.2, 0.25) is 0 Å². The summed E-state index contributed by atoms with van der Waals surface area (Å²) in [6, 6.07) is 5.90. The summed E-state index contributed by atoms with van der Waals surface area (Å²) in [7, 11) is 0. The van der Waals surface area contributed by atoms with E-state index in [1.54, 1.807) is 6.07 Å². The molecule has 1 fully saturated rings.